The number of carbonyl (C=O) groups excluding carboxylic acids is 1. The lowest BCUT2D eigenvalue weighted by Gasteiger charge is -2.21. The van der Waals surface area contributed by atoms with Gasteiger partial charge >= 0.3 is 0 Å². The maximum Gasteiger partial charge on any atom is 0.260 e. The maximum absolute atomic E-state index is 13.7. The fourth-order valence-electron chi connectivity index (χ4n) is 3.48. The number of anilines is 1. The van der Waals surface area contributed by atoms with Crippen LogP contribution in [0.1, 0.15) is 16.8 Å². The number of carbonyl (C=O) groups is 1. The molecular weight excluding hydrogens is 464 g/mol. The van der Waals surface area contributed by atoms with Crippen molar-refractivity contribution < 1.29 is 19.0 Å². The van der Waals surface area contributed by atoms with Crippen molar-refractivity contribution >= 4 is 44.2 Å². The third kappa shape index (κ3) is 4.89. The number of methoxy groups -OCH3 is 3. The standard InChI is InChI=1S/C23H23ClN4O4S/c1-30-18-11-15(12-19(31-2)21(18)32-3)22(29)28(9-4-8-27-10-7-25-14-27)23-26-17-6-5-16(24)13-20(17)33-23/h5-7,10-14H,4,8-9H2,1-3H3. The molecule has 0 aliphatic heterocycles. The quantitative estimate of drug-likeness (QED) is 0.334. The van der Waals surface area contributed by atoms with E-state index in [0.29, 0.717) is 45.9 Å². The minimum atomic E-state index is -0.218. The summed E-state index contributed by atoms with van der Waals surface area (Å²) < 4.78 is 19.1. The second-order valence-electron chi connectivity index (χ2n) is 7.13. The van der Waals surface area contributed by atoms with E-state index in [1.807, 2.05) is 22.9 Å². The number of hydrogen-bond donors (Lipinski definition) is 0. The van der Waals surface area contributed by atoms with Gasteiger partial charge in [0.25, 0.3) is 5.91 Å². The van der Waals surface area contributed by atoms with Crippen molar-refractivity contribution in [2.45, 2.75) is 13.0 Å². The molecule has 0 spiro atoms. The van der Waals surface area contributed by atoms with Gasteiger partial charge in [-0.1, -0.05) is 22.9 Å². The molecule has 4 rings (SSSR count). The number of hydrogen-bond acceptors (Lipinski definition) is 7. The molecule has 2 aromatic carbocycles. The summed E-state index contributed by atoms with van der Waals surface area (Å²) >= 11 is 7.57. The van der Waals surface area contributed by atoms with Crippen LogP contribution < -0.4 is 19.1 Å². The van der Waals surface area contributed by atoms with Gasteiger partial charge in [-0.25, -0.2) is 9.97 Å². The molecule has 0 saturated heterocycles. The molecule has 2 aromatic heterocycles. The highest BCUT2D eigenvalue weighted by Gasteiger charge is 2.24. The molecule has 33 heavy (non-hydrogen) atoms. The van der Waals surface area contributed by atoms with Gasteiger partial charge in [-0.05, 0) is 36.8 Å². The van der Waals surface area contributed by atoms with Crippen LogP contribution >= 0.6 is 22.9 Å². The van der Waals surface area contributed by atoms with Gasteiger partial charge in [0.2, 0.25) is 5.75 Å². The van der Waals surface area contributed by atoms with Crippen LogP contribution in [-0.4, -0.2) is 48.3 Å². The molecule has 0 unspecified atom stereocenters. The Hall–Kier alpha value is -3.30. The van der Waals surface area contributed by atoms with Crippen molar-refractivity contribution in [3.63, 3.8) is 0 Å². The minimum Gasteiger partial charge on any atom is -0.493 e. The summed E-state index contributed by atoms with van der Waals surface area (Å²) in [4.78, 5) is 24.2. The van der Waals surface area contributed by atoms with E-state index in [4.69, 9.17) is 30.8 Å². The Kier molecular flexibility index (Phi) is 7.00. The number of aromatic nitrogens is 3. The Balaban J connectivity index is 1.70. The van der Waals surface area contributed by atoms with E-state index in [9.17, 15) is 4.79 Å². The van der Waals surface area contributed by atoms with Crippen molar-refractivity contribution in [2.24, 2.45) is 0 Å². The van der Waals surface area contributed by atoms with E-state index in [0.717, 1.165) is 16.8 Å². The SMILES string of the molecule is COc1cc(C(=O)N(CCCn2ccnc2)c2nc3ccc(Cl)cc3s2)cc(OC)c1OC. The molecule has 0 fully saturated rings. The third-order valence-corrected chi connectivity index (χ3v) is 6.36. The summed E-state index contributed by atoms with van der Waals surface area (Å²) in [5.74, 6) is 1.03. The Morgan fingerprint density at radius 3 is 2.52 bits per heavy atom. The smallest absolute Gasteiger partial charge is 0.260 e. The number of nitrogens with zero attached hydrogens (tertiary/aromatic N) is 4. The molecule has 0 bridgehead atoms. The second-order valence-corrected chi connectivity index (χ2v) is 8.58. The predicted molar refractivity (Wildman–Crippen MR) is 129 cm³/mol. The normalized spacial score (nSPS) is 10.9. The topological polar surface area (TPSA) is 78.7 Å². The molecular formula is C23H23ClN4O4S. The molecule has 0 aliphatic rings. The number of imidazole rings is 1. The number of fused-ring (bicyclic) bond motifs is 1. The van der Waals surface area contributed by atoms with Gasteiger partial charge in [0.1, 0.15) is 0 Å². The van der Waals surface area contributed by atoms with Gasteiger partial charge in [-0.15, -0.1) is 0 Å². The van der Waals surface area contributed by atoms with E-state index in [2.05, 4.69) is 4.98 Å². The first-order valence-corrected chi connectivity index (χ1v) is 11.4. The summed E-state index contributed by atoms with van der Waals surface area (Å²) in [6, 6.07) is 8.79. The number of rotatable bonds is 9. The van der Waals surface area contributed by atoms with Crippen LogP contribution in [0.3, 0.4) is 0 Å². The molecule has 8 nitrogen and oxygen atoms in total. The fraction of sp³-hybridized carbons (Fsp3) is 0.261. The third-order valence-electron chi connectivity index (χ3n) is 5.08. The van der Waals surface area contributed by atoms with Crippen LogP contribution in [0.25, 0.3) is 10.2 Å². The highest BCUT2D eigenvalue weighted by Crippen LogP contribution is 2.39. The summed E-state index contributed by atoms with van der Waals surface area (Å²) in [5, 5.41) is 1.22. The molecule has 0 atom stereocenters. The summed E-state index contributed by atoms with van der Waals surface area (Å²) in [7, 11) is 4.56. The minimum absolute atomic E-state index is 0.218. The Morgan fingerprint density at radius 2 is 1.88 bits per heavy atom. The van der Waals surface area contributed by atoms with Crippen LogP contribution in [0.5, 0.6) is 17.2 Å². The van der Waals surface area contributed by atoms with Crippen LogP contribution in [0.15, 0.2) is 49.1 Å². The maximum atomic E-state index is 13.7. The first kappa shape index (κ1) is 22.9. The van der Waals surface area contributed by atoms with Crippen molar-refractivity contribution in [2.75, 3.05) is 32.8 Å². The van der Waals surface area contributed by atoms with Gasteiger partial charge < -0.3 is 18.8 Å². The van der Waals surface area contributed by atoms with Crippen LogP contribution in [0, 0.1) is 0 Å². The molecule has 10 heteroatoms. The lowest BCUT2D eigenvalue weighted by Crippen LogP contribution is -2.32. The summed E-state index contributed by atoms with van der Waals surface area (Å²) in [6.07, 6.45) is 6.09. The molecule has 1 amide bonds. The van der Waals surface area contributed by atoms with Crippen LogP contribution in [0.4, 0.5) is 5.13 Å². The van der Waals surface area contributed by atoms with Crippen LogP contribution in [-0.2, 0) is 6.54 Å². The Morgan fingerprint density at radius 1 is 1.12 bits per heavy atom. The summed E-state index contributed by atoms with van der Waals surface area (Å²) in [6.45, 7) is 1.18. The average Bonchev–Trinajstić information content (AvgIpc) is 3.49. The lowest BCUT2D eigenvalue weighted by atomic mass is 10.1. The van der Waals surface area contributed by atoms with E-state index >= 15 is 0 Å². The van der Waals surface area contributed by atoms with Gasteiger partial charge in [-0.2, -0.15) is 0 Å². The van der Waals surface area contributed by atoms with E-state index in [1.54, 1.807) is 35.6 Å². The van der Waals surface area contributed by atoms with Gasteiger partial charge in [-0.3, -0.25) is 9.69 Å². The van der Waals surface area contributed by atoms with Crippen molar-refractivity contribution in [3.05, 3.63) is 59.6 Å². The van der Waals surface area contributed by atoms with Crippen LogP contribution in [0.2, 0.25) is 5.02 Å². The van der Waals surface area contributed by atoms with Gasteiger partial charge in [0, 0.05) is 36.1 Å². The molecule has 4 aromatic rings. The van der Waals surface area contributed by atoms with E-state index in [-0.39, 0.29) is 5.91 Å². The number of halogens is 1. The van der Waals surface area contributed by atoms with E-state index in [1.165, 1.54) is 32.7 Å². The molecule has 0 radical (unpaired) electrons. The second kappa shape index (κ2) is 10.1. The largest absolute Gasteiger partial charge is 0.493 e. The first-order valence-electron chi connectivity index (χ1n) is 10.2. The average molecular weight is 487 g/mol. The zero-order valence-corrected chi connectivity index (χ0v) is 20.0. The predicted octanol–water partition coefficient (Wildman–Crippen LogP) is 4.91. The van der Waals surface area contributed by atoms with E-state index < -0.39 is 0 Å². The molecule has 172 valence electrons. The molecule has 0 aliphatic carbocycles. The molecule has 0 N–H and O–H groups in total. The highest BCUT2D eigenvalue weighted by molar-refractivity contribution is 7.22. The number of amides is 1. The first-order chi connectivity index (χ1) is 16.0. The molecule has 0 saturated carbocycles. The number of benzene rings is 2. The highest BCUT2D eigenvalue weighted by atomic mass is 35.5. The molecule has 2 heterocycles. The monoisotopic (exact) mass is 486 g/mol. The van der Waals surface area contributed by atoms with Crippen molar-refractivity contribution in [3.8, 4) is 17.2 Å². The lowest BCUT2D eigenvalue weighted by molar-refractivity contribution is 0.0985. The van der Waals surface area contributed by atoms with Crippen molar-refractivity contribution in [1.29, 1.82) is 0 Å². The van der Waals surface area contributed by atoms with Crippen molar-refractivity contribution in [1.82, 2.24) is 14.5 Å². The summed E-state index contributed by atoms with van der Waals surface area (Å²) in [5.41, 5.74) is 1.20. The van der Waals surface area contributed by atoms with Gasteiger partial charge in [0.15, 0.2) is 16.6 Å². The Labute approximate surface area is 200 Å². The van der Waals surface area contributed by atoms with Gasteiger partial charge in [0.05, 0.1) is 37.9 Å². The fourth-order valence-corrected chi connectivity index (χ4v) is 4.74. The number of thiazole rings is 1. The number of ether oxygens (including phenoxy) is 3. The zero-order chi connectivity index (χ0) is 23.4. The zero-order valence-electron chi connectivity index (χ0n) is 18.4. The number of aryl methyl sites for hydroxylation is 1. The Bertz CT molecular complexity index is 1230.